The number of halogens is 1. The Kier molecular flexibility index (Phi) is 8.09. The van der Waals surface area contributed by atoms with Gasteiger partial charge in [0.1, 0.15) is 4.21 Å². The summed E-state index contributed by atoms with van der Waals surface area (Å²) >= 11 is 8.48. The van der Waals surface area contributed by atoms with Crippen LogP contribution in [-0.2, 0) is 27.8 Å². The van der Waals surface area contributed by atoms with Gasteiger partial charge >= 0.3 is 0 Å². The van der Waals surface area contributed by atoms with Gasteiger partial charge in [0.05, 0.1) is 14.6 Å². The number of aryl methyl sites for hydroxylation is 1. The van der Waals surface area contributed by atoms with E-state index in [-0.39, 0.29) is 16.0 Å². The van der Waals surface area contributed by atoms with Crippen molar-refractivity contribution in [2.75, 3.05) is 13.1 Å². The SMILES string of the molecule is C=CCn1c(=NC(=O)C2CCN(S(=O)(=O)c3ccc(Cl)s3)CC2)sc2cc(CCCC)ccc21. The standard InChI is InChI=1S/C24H28ClN3O3S3/c1-3-5-6-17-7-8-19-20(16-17)32-24(28(19)13-4-2)26-23(29)18-11-14-27(15-12-18)34(30,31)22-10-9-21(25)33-22/h4,7-10,16,18H,2-3,5-6,11-15H2,1H3. The van der Waals surface area contributed by atoms with E-state index in [4.69, 9.17) is 11.6 Å². The highest BCUT2D eigenvalue weighted by atomic mass is 35.5. The van der Waals surface area contributed by atoms with E-state index in [1.54, 1.807) is 12.1 Å². The topological polar surface area (TPSA) is 71.7 Å². The van der Waals surface area contributed by atoms with Crippen LogP contribution in [0.2, 0.25) is 4.34 Å². The lowest BCUT2D eigenvalue weighted by Crippen LogP contribution is -2.40. The third kappa shape index (κ3) is 5.39. The number of hydrogen-bond donors (Lipinski definition) is 0. The van der Waals surface area contributed by atoms with Crippen LogP contribution in [0.4, 0.5) is 0 Å². The molecule has 6 nitrogen and oxygen atoms in total. The predicted octanol–water partition coefficient (Wildman–Crippen LogP) is 5.47. The van der Waals surface area contributed by atoms with Crippen LogP contribution in [-0.4, -0.2) is 36.3 Å². The molecule has 1 fully saturated rings. The number of piperidine rings is 1. The summed E-state index contributed by atoms with van der Waals surface area (Å²) in [6.07, 6.45) is 6.04. The summed E-state index contributed by atoms with van der Waals surface area (Å²) in [6.45, 7) is 7.20. The molecule has 0 atom stereocenters. The molecule has 182 valence electrons. The van der Waals surface area contributed by atoms with Crippen molar-refractivity contribution in [1.82, 2.24) is 8.87 Å². The Bertz CT molecular complexity index is 1360. The Morgan fingerprint density at radius 2 is 2.00 bits per heavy atom. The van der Waals surface area contributed by atoms with E-state index >= 15 is 0 Å². The highest BCUT2D eigenvalue weighted by Gasteiger charge is 2.33. The number of sulfonamides is 1. The van der Waals surface area contributed by atoms with Gasteiger partial charge in [0.25, 0.3) is 15.9 Å². The molecule has 2 aromatic heterocycles. The quantitative estimate of drug-likeness (QED) is 0.357. The van der Waals surface area contributed by atoms with Gasteiger partial charge in [-0.05, 0) is 55.5 Å². The van der Waals surface area contributed by atoms with Crippen molar-refractivity contribution in [3.05, 3.63) is 57.7 Å². The number of nitrogens with zero attached hydrogens (tertiary/aromatic N) is 3. The number of hydrogen-bond acceptors (Lipinski definition) is 5. The van der Waals surface area contributed by atoms with Crippen molar-refractivity contribution in [1.29, 1.82) is 0 Å². The number of fused-ring (bicyclic) bond motifs is 1. The molecule has 0 unspecified atom stereocenters. The molecule has 1 aromatic carbocycles. The number of allylic oxidation sites excluding steroid dienone is 1. The van der Waals surface area contributed by atoms with Gasteiger partial charge in [-0.25, -0.2) is 8.42 Å². The van der Waals surface area contributed by atoms with E-state index in [1.165, 1.54) is 27.3 Å². The molecule has 0 spiro atoms. The van der Waals surface area contributed by atoms with Gasteiger partial charge in [-0.15, -0.1) is 17.9 Å². The summed E-state index contributed by atoms with van der Waals surface area (Å²) in [5.41, 5.74) is 2.34. The first-order valence-electron chi connectivity index (χ1n) is 11.4. The molecule has 3 heterocycles. The fourth-order valence-electron chi connectivity index (χ4n) is 4.14. The first-order chi connectivity index (χ1) is 16.3. The lowest BCUT2D eigenvalue weighted by Gasteiger charge is -2.29. The second-order valence-electron chi connectivity index (χ2n) is 8.38. The van der Waals surface area contributed by atoms with Crippen LogP contribution in [0.25, 0.3) is 10.2 Å². The average molecular weight is 538 g/mol. The molecule has 1 aliphatic rings. The zero-order chi connectivity index (χ0) is 24.3. The molecule has 0 aliphatic carbocycles. The van der Waals surface area contributed by atoms with Crippen molar-refractivity contribution in [2.24, 2.45) is 10.9 Å². The van der Waals surface area contributed by atoms with Crippen molar-refractivity contribution < 1.29 is 13.2 Å². The Morgan fingerprint density at radius 3 is 2.65 bits per heavy atom. The molecule has 34 heavy (non-hydrogen) atoms. The number of unbranched alkanes of at least 4 members (excludes halogenated alkanes) is 1. The van der Waals surface area contributed by atoms with E-state index in [0.717, 1.165) is 40.8 Å². The maximum atomic E-state index is 13.1. The van der Waals surface area contributed by atoms with E-state index in [9.17, 15) is 13.2 Å². The highest BCUT2D eigenvalue weighted by molar-refractivity contribution is 7.91. The molecule has 10 heteroatoms. The number of carbonyl (C=O) groups is 1. The Hall–Kier alpha value is -1.78. The second kappa shape index (κ2) is 10.9. The normalized spacial score (nSPS) is 16.4. The molecule has 1 amide bonds. The van der Waals surface area contributed by atoms with Crippen LogP contribution in [0, 0.1) is 5.92 Å². The zero-order valence-corrected chi connectivity index (χ0v) is 22.3. The summed E-state index contributed by atoms with van der Waals surface area (Å²) in [6, 6.07) is 9.56. The predicted molar refractivity (Wildman–Crippen MR) is 140 cm³/mol. The number of rotatable bonds is 8. The van der Waals surface area contributed by atoms with Crippen molar-refractivity contribution in [2.45, 2.75) is 49.8 Å². The fraction of sp³-hybridized carbons (Fsp3) is 0.417. The minimum atomic E-state index is -3.58. The Labute approximate surface area is 213 Å². The molecule has 3 aromatic rings. The monoisotopic (exact) mass is 537 g/mol. The third-order valence-electron chi connectivity index (χ3n) is 6.03. The number of thiophene rings is 1. The fourth-order valence-corrected chi connectivity index (χ4v) is 8.35. The lowest BCUT2D eigenvalue weighted by molar-refractivity contribution is -0.122. The number of aromatic nitrogens is 1. The number of carbonyl (C=O) groups excluding carboxylic acids is 1. The molecular formula is C24H28ClN3O3S3. The van der Waals surface area contributed by atoms with Crippen molar-refractivity contribution >= 4 is 60.4 Å². The van der Waals surface area contributed by atoms with Gasteiger partial charge in [0.15, 0.2) is 4.80 Å². The minimum Gasteiger partial charge on any atom is -0.313 e. The molecule has 1 saturated heterocycles. The van der Waals surface area contributed by atoms with Crippen molar-refractivity contribution in [3.63, 3.8) is 0 Å². The van der Waals surface area contributed by atoms with Crippen LogP contribution < -0.4 is 4.80 Å². The molecule has 1 aliphatic heterocycles. The Balaban J connectivity index is 1.53. The average Bonchev–Trinajstić information content (AvgIpc) is 3.41. The summed E-state index contributed by atoms with van der Waals surface area (Å²) in [5.74, 6) is -0.479. The number of thiazole rings is 1. The minimum absolute atomic E-state index is 0.188. The summed E-state index contributed by atoms with van der Waals surface area (Å²) in [5, 5.41) is 0. The summed E-state index contributed by atoms with van der Waals surface area (Å²) in [7, 11) is -3.58. The van der Waals surface area contributed by atoms with Crippen LogP contribution in [0.1, 0.15) is 38.2 Å². The molecular weight excluding hydrogens is 510 g/mol. The first-order valence-corrected chi connectivity index (χ1v) is 14.9. The van der Waals surface area contributed by atoms with E-state index in [0.29, 0.717) is 41.6 Å². The van der Waals surface area contributed by atoms with Gasteiger partial charge in [-0.3, -0.25) is 4.79 Å². The summed E-state index contributed by atoms with van der Waals surface area (Å²) < 4.78 is 30.9. The largest absolute Gasteiger partial charge is 0.313 e. The van der Waals surface area contributed by atoms with Crippen LogP contribution >= 0.6 is 34.3 Å². The molecule has 4 rings (SSSR count). The molecule has 0 N–H and O–H groups in total. The first kappa shape index (κ1) is 25.3. The van der Waals surface area contributed by atoms with E-state index in [2.05, 4.69) is 36.7 Å². The van der Waals surface area contributed by atoms with Crippen molar-refractivity contribution in [3.8, 4) is 0 Å². The van der Waals surface area contributed by atoms with Gasteiger partial charge < -0.3 is 4.57 Å². The van der Waals surface area contributed by atoms with Gasteiger partial charge in [-0.2, -0.15) is 9.30 Å². The lowest BCUT2D eigenvalue weighted by atomic mass is 9.98. The Morgan fingerprint density at radius 1 is 1.24 bits per heavy atom. The molecule has 0 radical (unpaired) electrons. The van der Waals surface area contributed by atoms with Gasteiger partial charge in [-0.1, -0.05) is 48.4 Å². The second-order valence-corrected chi connectivity index (χ2v) is 13.3. The smallest absolute Gasteiger partial charge is 0.252 e. The summed E-state index contributed by atoms with van der Waals surface area (Å²) in [4.78, 5) is 18.2. The molecule has 0 saturated carbocycles. The van der Waals surface area contributed by atoms with Crippen LogP contribution in [0.3, 0.4) is 0 Å². The van der Waals surface area contributed by atoms with E-state index < -0.39 is 10.0 Å². The van der Waals surface area contributed by atoms with Gasteiger partial charge in [0.2, 0.25) is 0 Å². The van der Waals surface area contributed by atoms with E-state index in [1.807, 2.05) is 4.57 Å². The maximum absolute atomic E-state index is 13.1. The molecule has 0 bridgehead atoms. The number of amides is 1. The number of benzene rings is 1. The zero-order valence-electron chi connectivity index (χ0n) is 19.1. The highest BCUT2D eigenvalue weighted by Crippen LogP contribution is 2.31. The van der Waals surface area contributed by atoms with Gasteiger partial charge in [0, 0.05) is 25.6 Å². The third-order valence-corrected chi connectivity index (χ3v) is 10.7. The van der Waals surface area contributed by atoms with Crippen LogP contribution in [0.5, 0.6) is 0 Å². The van der Waals surface area contributed by atoms with Crippen LogP contribution in [0.15, 0.2) is 52.2 Å². The maximum Gasteiger partial charge on any atom is 0.252 e.